The number of ether oxygens (including phenoxy) is 1. The van der Waals surface area contributed by atoms with Crippen LogP contribution in [0.25, 0.3) is 0 Å². The van der Waals surface area contributed by atoms with Crippen LogP contribution in [0.2, 0.25) is 0 Å². The second-order valence-corrected chi connectivity index (χ2v) is 8.66. The van der Waals surface area contributed by atoms with Crippen molar-refractivity contribution < 1.29 is 19.4 Å². The number of carbonyl (C=O) groups excluding carboxylic acids is 1. The van der Waals surface area contributed by atoms with Gasteiger partial charge >= 0.3 is 5.97 Å². The van der Waals surface area contributed by atoms with Crippen molar-refractivity contribution in [1.29, 1.82) is 0 Å². The number of nitrogens with one attached hydrogen (secondary N) is 1. The average molecular weight is 439 g/mol. The van der Waals surface area contributed by atoms with Crippen LogP contribution >= 0.6 is 0 Å². The van der Waals surface area contributed by atoms with Crippen molar-refractivity contribution in [2.45, 2.75) is 59.0 Å². The molecule has 0 spiro atoms. The lowest BCUT2D eigenvalue weighted by molar-refractivity contribution is -0.137. The van der Waals surface area contributed by atoms with Crippen LogP contribution in [0.4, 0.5) is 0 Å². The molecule has 1 heterocycles. The third kappa shape index (κ3) is 7.38. The van der Waals surface area contributed by atoms with Gasteiger partial charge in [0.25, 0.3) is 0 Å². The lowest BCUT2D eigenvalue weighted by Gasteiger charge is -2.24. The lowest BCUT2D eigenvalue weighted by atomic mass is 10.0. The summed E-state index contributed by atoms with van der Waals surface area (Å²) in [5, 5.41) is 12.1. The number of hydrogen-bond donors (Lipinski definition) is 2. The largest absolute Gasteiger partial charge is 0.493 e. The van der Waals surface area contributed by atoms with E-state index in [9.17, 15) is 9.59 Å². The Hall–Kier alpha value is -2.86. The van der Waals surface area contributed by atoms with Gasteiger partial charge in [-0.25, -0.2) is 0 Å². The number of benzene rings is 2. The van der Waals surface area contributed by atoms with Crippen LogP contribution in [0.5, 0.6) is 5.75 Å². The zero-order chi connectivity index (χ0) is 22.9. The second-order valence-electron chi connectivity index (χ2n) is 8.66. The van der Waals surface area contributed by atoms with E-state index in [1.165, 1.54) is 11.1 Å². The number of fused-ring (bicyclic) bond motifs is 1. The van der Waals surface area contributed by atoms with E-state index in [0.717, 1.165) is 41.7 Å². The minimum atomic E-state index is -0.807. The van der Waals surface area contributed by atoms with Crippen LogP contribution < -0.4 is 10.1 Å². The van der Waals surface area contributed by atoms with Crippen LogP contribution in [0.1, 0.15) is 53.5 Å². The number of carboxylic acids is 1. The molecule has 0 unspecified atom stereocenters. The fourth-order valence-corrected chi connectivity index (χ4v) is 3.95. The zero-order valence-electron chi connectivity index (χ0n) is 19.2. The van der Waals surface area contributed by atoms with Gasteiger partial charge in [-0.1, -0.05) is 30.3 Å². The molecule has 0 saturated carbocycles. The first-order valence-electron chi connectivity index (χ1n) is 11.4. The Morgan fingerprint density at radius 3 is 2.62 bits per heavy atom. The lowest BCUT2D eigenvalue weighted by Crippen LogP contribution is -2.37. The standard InChI is InChI=1S/C26H34N2O4/c1-19-6-7-22(14-20(19)2)16-28-17-23-15-21(9-11-26(30)31)8-10-24(23)32-13-5-3-4-12-27-25(29)18-28/h6-8,10,14-15H,3-5,9,11-13,16-18H2,1-2H3,(H,27,29)(H,30,31). The van der Waals surface area contributed by atoms with Crippen molar-refractivity contribution >= 4 is 11.9 Å². The SMILES string of the molecule is Cc1ccc(CN2CC(=O)NCCCCCOc3ccc(CCC(=O)O)cc3C2)cc1C. The molecule has 0 atom stereocenters. The number of carboxylic acid groups (broad SMARTS) is 1. The predicted octanol–water partition coefficient (Wildman–Crippen LogP) is 4.00. The maximum Gasteiger partial charge on any atom is 0.303 e. The Bertz CT molecular complexity index is 941. The Morgan fingerprint density at radius 1 is 1.03 bits per heavy atom. The van der Waals surface area contributed by atoms with Gasteiger partial charge in [-0.15, -0.1) is 0 Å². The van der Waals surface area contributed by atoms with Gasteiger partial charge in [0.1, 0.15) is 5.75 Å². The number of aliphatic carboxylic acids is 1. The molecular formula is C26H34N2O4. The number of aryl methyl sites for hydroxylation is 3. The number of amides is 1. The highest BCUT2D eigenvalue weighted by molar-refractivity contribution is 5.78. The third-order valence-electron chi connectivity index (χ3n) is 5.89. The molecule has 2 N–H and O–H groups in total. The Labute approximate surface area is 190 Å². The van der Waals surface area contributed by atoms with Crippen molar-refractivity contribution in [1.82, 2.24) is 10.2 Å². The molecule has 2 aromatic carbocycles. The number of carbonyl (C=O) groups is 2. The minimum Gasteiger partial charge on any atom is -0.493 e. The molecule has 0 saturated heterocycles. The van der Waals surface area contributed by atoms with Crippen molar-refractivity contribution in [3.63, 3.8) is 0 Å². The maximum atomic E-state index is 12.6. The van der Waals surface area contributed by atoms with Gasteiger partial charge in [0.15, 0.2) is 0 Å². The van der Waals surface area contributed by atoms with Gasteiger partial charge in [-0.05, 0) is 67.9 Å². The fourth-order valence-electron chi connectivity index (χ4n) is 3.95. The van der Waals surface area contributed by atoms with E-state index >= 15 is 0 Å². The first-order chi connectivity index (χ1) is 15.4. The highest BCUT2D eigenvalue weighted by Crippen LogP contribution is 2.25. The number of rotatable bonds is 5. The molecular weight excluding hydrogens is 404 g/mol. The monoisotopic (exact) mass is 438 g/mol. The summed E-state index contributed by atoms with van der Waals surface area (Å²) in [6, 6.07) is 12.3. The summed E-state index contributed by atoms with van der Waals surface area (Å²) in [7, 11) is 0. The van der Waals surface area contributed by atoms with Crippen molar-refractivity contribution in [3.8, 4) is 5.75 Å². The quantitative estimate of drug-likeness (QED) is 0.738. The first kappa shape index (κ1) is 23.8. The van der Waals surface area contributed by atoms with Crippen LogP contribution in [0, 0.1) is 13.8 Å². The average Bonchev–Trinajstić information content (AvgIpc) is 2.76. The molecule has 0 aliphatic carbocycles. The summed E-state index contributed by atoms with van der Waals surface area (Å²) in [5.41, 5.74) is 5.60. The molecule has 32 heavy (non-hydrogen) atoms. The van der Waals surface area contributed by atoms with Crippen LogP contribution in [-0.4, -0.2) is 41.6 Å². The molecule has 1 aliphatic heterocycles. The molecule has 1 amide bonds. The highest BCUT2D eigenvalue weighted by Gasteiger charge is 2.16. The summed E-state index contributed by atoms with van der Waals surface area (Å²) < 4.78 is 6.09. The first-order valence-corrected chi connectivity index (χ1v) is 11.4. The highest BCUT2D eigenvalue weighted by atomic mass is 16.5. The van der Waals surface area contributed by atoms with Crippen LogP contribution in [0.15, 0.2) is 36.4 Å². The topological polar surface area (TPSA) is 78.9 Å². The third-order valence-corrected chi connectivity index (χ3v) is 5.89. The summed E-state index contributed by atoms with van der Waals surface area (Å²) >= 11 is 0. The molecule has 2 aromatic rings. The van der Waals surface area contributed by atoms with Gasteiger partial charge in [0.05, 0.1) is 13.2 Å². The Balaban J connectivity index is 1.87. The molecule has 6 heteroatoms. The Morgan fingerprint density at radius 2 is 1.84 bits per heavy atom. The van der Waals surface area contributed by atoms with E-state index in [1.54, 1.807) is 0 Å². The van der Waals surface area contributed by atoms with Gasteiger partial charge in [0, 0.05) is 31.6 Å². The van der Waals surface area contributed by atoms with Crippen LogP contribution in [-0.2, 0) is 29.1 Å². The summed E-state index contributed by atoms with van der Waals surface area (Å²) in [6.45, 7) is 7.01. The Kier molecular flexibility index (Phi) is 8.68. The van der Waals surface area contributed by atoms with E-state index in [2.05, 4.69) is 42.3 Å². The van der Waals surface area contributed by atoms with E-state index in [4.69, 9.17) is 9.84 Å². The molecule has 0 aromatic heterocycles. The normalized spacial score (nSPS) is 16.0. The van der Waals surface area contributed by atoms with Crippen LogP contribution in [0.3, 0.4) is 0 Å². The summed E-state index contributed by atoms with van der Waals surface area (Å²) in [4.78, 5) is 25.8. The predicted molar refractivity (Wildman–Crippen MR) is 125 cm³/mol. The van der Waals surface area contributed by atoms with Crippen molar-refractivity contribution in [2.75, 3.05) is 19.7 Å². The minimum absolute atomic E-state index is 0.0255. The van der Waals surface area contributed by atoms with E-state index in [0.29, 0.717) is 39.2 Å². The number of hydrogen-bond acceptors (Lipinski definition) is 4. The summed E-state index contributed by atoms with van der Waals surface area (Å²) in [6.07, 6.45) is 3.43. The molecule has 0 radical (unpaired) electrons. The van der Waals surface area contributed by atoms with E-state index < -0.39 is 5.97 Å². The maximum absolute atomic E-state index is 12.6. The molecule has 0 bridgehead atoms. The van der Waals surface area contributed by atoms with Gasteiger partial charge in [0.2, 0.25) is 5.91 Å². The number of nitrogens with zero attached hydrogens (tertiary/aromatic N) is 1. The molecule has 1 aliphatic rings. The molecule has 172 valence electrons. The molecule has 3 rings (SSSR count). The zero-order valence-corrected chi connectivity index (χ0v) is 19.2. The van der Waals surface area contributed by atoms with Gasteiger partial charge < -0.3 is 15.2 Å². The smallest absolute Gasteiger partial charge is 0.303 e. The fraction of sp³-hybridized carbons (Fsp3) is 0.462. The molecule has 6 nitrogen and oxygen atoms in total. The molecule has 0 fully saturated rings. The van der Waals surface area contributed by atoms with Gasteiger partial charge in [-0.3, -0.25) is 14.5 Å². The van der Waals surface area contributed by atoms with Crippen molar-refractivity contribution in [2.24, 2.45) is 0 Å². The summed E-state index contributed by atoms with van der Waals surface area (Å²) in [5.74, 6) is 0.0321. The second kappa shape index (κ2) is 11.7. The van der Waals surface area contributed by atoms with E-state index in [-0.39, 0.29) is 12.3 Å². The van der Waals surface area contributed by atoms with Crippen molar-refractivity contribution in [3.05, 3.63) is 64.2 Å². The van der Waals surface area contributed by atoms with E-state index in [1.807, 2.05) is 18.2 Å². The van der Waals surface area contributed by atoms with Gasteiger partial charge in [-0.2, -0.15) is 0 Å².